The zero-order valence-electron chi connectivity index (χ0n) is 14.5. The van der Waals surface area contributed by atoms with Crippen molar-refractivity contribution in [2.24, 2.45) is 5.10 Å². The summed E-state index contributed by atoms with van der Waals surface area (Å²) in [6, 6.07) is 6.61. The fraction of sp³-hybridized carbons (Fsp3) is 0.294. The van der Waals surface area contributed by atoms with Crippen molar-refractivity contribution in [2.45, 2.75) is 19.8 Å². The van der Waals surface area contributed by atoms with E-state index < -0.39 is 0 Å². The number of carbonyl (C=O) groups is 1. The highest BCUT2D eigenvalue weighted by Crippen LogP contribution is 2.27. The number of ether oxygens (including phenoxy) is 2. The van der Waals surface area contributed by atoms with E-state index in [9.17, 15) is 9.59 Å². The molecule has 0 saturated heterocycles. The number of methoxy groups -OCH3 is 1. The molecule has 0 fully saturated rings. The van der Waals surface area contributed by atoms with Crippen LogP contribution in [0, 0.1) is 4.77 Å². The van der Waals surface area contributed by atoms with Crippen LogP contribution in [0.2, 0.25) is 0 Å². The summed E-state index contributed by atoms with van der Waals surface area (Å²) >= 11 is 4.86. The third-order valence-electron chi connectivity index (χ3n) is 3.22. The second kappa shape index (κ2) is 9.52. The molecule has 138 valence electrons. The number of hydrogen-bond acceptors (Lipinski definition) is 6. The molecule has 0 unspecified atom stereocenters. The number of rotatable bonds is 8. The van der Waals surface area contributed by atoms with Gasteiger partial charge in [-0.1, -0.05) is 6.92 Å². The maximum Gasteiger partial charge on any atom is 0.251 e. The predicted molar refractivity (Wildman–Crippen MR) is 100 cm³/mol. The maximum absolute atomic E-state index is 11.9. The van der Waals surface area contributed by atoms with Crippen molar-refractivity contribution < 1.29 is 14.3 Å². The lowest BCUT2D eigenvalue weighted by Gasteiger charge is -2.10. The number of aromatic amines is 2. The van der Waals surface area contributed by atoms with E-state index in [0.29, 0.717) is 23.8 Å². The predicted octanol–water partition coefficient (Wildman–Crippen LogP) is 1.92. The van der Waals surface area contributed by atoms with Crippen molar-refractivity contribution in [3.05, 3.63) is 50.6 Å². The first kappa shape index (κ1) is 19.4. The van der Waals surface area contributed by atoms with E-state index in [0.717, 1.165) is 12.0 Å². The smallest absolute Gasteiger partial charge is 0.251 e. The van der Waals surface area contributed by atoms with Crippen LogP contribution >= 0.6 is 12.2 Å². The van der Waals surface area contributed by atoms with Gasteiger partial charge in [0.25, 0.3) is 5.56 Å². The molecule has 0 saturated carbocycles. The molecule has 0 aliphatic heterocycles. The standard InChI is InChI=1S/C17H20N4O4S/c1-3-6-25-14-7-11(4-5-13(14)24-2)10-18-21-16(23)9-12-8-15(22)20-17(26)19-12/h4-5,7-8,10H,3,6,9H2,1-2H3,(H,21,23)(H2,19,20,22,26)/b18-10-. The molecule has 0 atom stereocenters. The molecular formula is C17H20N4O4S. The summed E-state index contributed by atoms with van der Waals surface area (Å²) in [7, 11) is 1.57. The van der Waals surface area contributed by atoms with Crippen molar-refractivity contribution in [1.29, 1.82) is 0 Å². The number of aromatic nitrogens is 2. The van der Waals surface area contributed by atoms with Crippen molar-refractivity contribution in [1.82, 2.24) is 15.4 Å². The average molecular weight is 376 g/mol. The Hall–Kier alpha value is -2.94. The zero-order valence-corrected chi connectivity index (χ0v) is 15.3. The van der Waals surface area contributed by atoms with Gasteiger partial charge in [-0.05, 0) is 42.4 Å². The number of H-pyrrole nitrogens is 2. The number of nitrogens with zero attached hydrogens (tertiary/aromatic N) is 1. The second-order valence-corrected chi connectivity index (χ2v) is 5.75. The highest BCUT2D eigenvalue weighted by atomic mass is 32.1. The average Bonchev–Trinajstić information content (AvgIpc) is 2.59. The van der Waals surface area contributed by atoms with Gasteiger partial charge in [-0.2, -0.15) is 5.10 Å². The monoisotopic (exact) mass is 376 g/mol. The van der Waals surface area contributed by atoms with Gasteiger partial charge in [-0.25, -0.2) is 5.43 Å². The molecule has 2 aromatic rings. The van der Waals surface area contributed by atoms with Gasteiger partial charge in [0.1, 0.15) is 0 Å². The minimum Gasteiger partial charge on any atom is -0.493 e. The van der Waals surface area contributed by atoms with Crippen molar-refractivity contribution in [3.8, 4) is 11.5 Å². The summed E-state index contributed by atoms with van der Waals surface area (Å²) in [5.74, 6) is 0.860. The van der Waals surface area contributed by atoms with Crippen LogP contribution in [0.4, 0.5) is 0 Å². The first-order valence-electron chi connectivity index (χ1n) is 7.97. The van der Waals surface area contributed by atoms with Crippen molar-refractivity contribution >= 4 is 24.3 Å². The Labute approximate surface area is 155 Å². The van der Waals surface area contributed by atoms with E-state index in [4.69, 9.17) is 21.7 Å². The molecule has 0 bridgehead atoms. The Morgan fingerprint density at radius 3 is 2.81 bits per heavy atom. The number of benzene rings is 1. The number of hydrazone groups is 1. The van der Waals surface area contributed by atoms with Gasteiger partial charge in [0.05, 0.1) is 26.4 Å². The van der Waals surface area contributed by atoms with Crippen LogP contribution in [0.3, 0.4) is 0 Å². The molecule has 1 aromatic heterocycles. The van der Waals surface area contributed by atoms with Crippen LogP contribution in [0.25, 0.3) is 0 Å². The number of amides is 1. The third kappa shape index (κ3) is 5.85. The van der Waals surface area contributed by atoms with Gasteiger partial charge in [0, 0.05) is 11.8 Å². The summed E-state index contributed by atoms with van der Waals surface area (Å²) in [6.07, 6.45) is 2.33. The third-order valence-corrected chi connectivity index (χ3v) is 3.42. The molecule has 0 aliphatic rings. The molecule has 3 N–H and O–H groups in total. The molecule has 8 nitrogen and oxygen atoms in total. The maximum atomic E-state index is 11.9. The van der Waals surface area contributed by atoms with Crippen molar-refractivity contribution in [3.63, 3.8) is 0 Å². The lowest BCUT2D eigenvalue weighted by atomic mass is 10.2. The van der Waals surface area contributed by atoms with Gasteiger partial charge in [0.15, 0.2) is 16.3 Å². The van der Waals surface area contributed by atoms with Crippen LogP contribution in [0.15, 0.2) is 34.2 Å². The van der Waals surface area contributed by atoms with E-state index in [1.165, 1.54) is 12.3 Å². The minimum atomic E-state index is -0.381. The SMILES string of the molecule is CCCOc1cc(/C=N\NC(=O)Cc2cc(=O)[nH]c(=S)[nH]2)ccc1OC. The van der Waals surface area contributed by atoms with Gasteiger partial charge < -0.3 is 14.5 Å². The summed E-state index contributed by atoms with van der Waals surface area (Å²) in [6.45, 7) is 2.59. The van der Waals surface area contributed by atoms with Crippen LogP contribution in [0.5, 0.6) is 11.5 Å². The van der Waals surface area contributed by atoms with Crippen molar-refractivity contribution in [2.75, 3.05) is 13.7 Å². The number of hydrogen-bond donors (Lipinski definition) is 3. The Balaban J connectivity index is 1.99. The molecule has 9 heteroatoms. The fourth-order valence-corrected chi connectivity index (χ4v) is 2.34. The normalized spacial score (nSPS) is 10.7. The lowest BCUT2D eigenvalue weighted by molar-refractivity contribution is -0.120. The Bertz CT molecular complexity index is 876. The minimum absolute atomic E-state index is 0.0433. The largest absolute Gasteiger partial charge is 0.493 e. The molecule has 1 amide bonds. The first-order valence-corrected chi connectivity index (χ1v) is 8.38. The van der Waals surface area contributed by atoms with Crippen LogP contribution in [-0.2, 0) is 11.2 Å². The summed E-state index contributed by atoms with van der Waals surface area (Å²) in [5.41, 5.74) is 3.19. The summed E-state index contributed by atoms with van der Waals surface area (Å²) in [5, 5.41) is 3.91. The van der Waals surface area contributed by atoms with Crippen LogP contribution in [0.1, 0.15) is 24.6 Å². The molecule has 1 aromatic carbocycles. The van der Waals surface area contributed by atoms with Gasteiger partial charge in [0.2, 0.25) is 5.91 Å². The van der Waals surface area contributed by atoms with E-state index in [1.54, 1.807) is 25.3 Å². The fourth-order valence-electron chi connectivity index (χ4n) is 2.10. The molecule has 0 radical (unpaired) electrons. The lowest BCUT2D eigenvalue weighted by Crippen LogP contribution is -2.21. The Morgan fingerprint density at radius 1 is 1.31 bits per heavy atom. The Morgan fingerprint density at radius 2 is 2.12 bits per heavy atom. The van der Waals surface area contributed by atoms with Crippen LogP contribution < -0.4 is 20.5 Å². The zero-order chi connectivity index (χ0) is 18.9. The van der Waals surface area contributed by atoms with E-state index >= 15 is 0 Å². The van der Waals surface area contributed by atoms with E-state index in [2.05, 4.69) is 20.5 Å². The summed E-state index contributed by atoms with van der Waals surface area (Å²) < 4.78 is 11.0. The quantitative estimate of drug-likeness (QED) is 0.371. The van der Waals surface area contributed by atoms with Gasteiger partial charge in [-0.15, -0.1) is 0 Å². The molecule has 1 heterocycles. The van der Waals surface area contributed by atoms with E-state index in [1.807, 2.05) is 6.92 Å². The van der Waals surface area contributed by atoms with E-state index in [-0.39, 0.29) is 22.7 Å². The molecular weight excluding hydrogens is 356 g/mol. The highest BCUT2D eigenvalue weighted by molar-refractivity contribution is 7.71. The topological polar surface area (TPSA) is 109 Å². The number of carbonyl (C=O) groups excluding carboxylic acids is 1. The molecule has 2 rings (SSSR count). The van der Waals surface area contributed by atoms with Gasteiger partial charge >= 0.3 is 0 Å². The number of nitrogens with one attached hydrogen (secondary N) is 3. The molecule has 0 spiro atoms. The highest BCUT2D eigenvalue weighted by Gasteiger charge is 2.06. The van der Waals surface area contributed by atoms with Gasteiger partial charge in [-0.3, -0.25) is 14.6 Å². The molecule has 0 aliphatic carbocycles. The summed E-state index contributed by atoms with van der Waals surface area (Å²) in [4.78, 5) is 28.4. The first-order chi connectivity index (χ1) is 12.5. The second-order valence-electron chi connectivity index (χ2n) is 5.34. The Kier molecular flexibility index (Phi) is 7.10. The molecule has 26 heavy (non-hydrogen) atoms. The van der Waals surface area contributed by atoms with Crippen LogP contribution in [-0.4, -0.2) is 35.8 Å².